The van der Waals surface area contributed by atoms with Gasteiger partial charge in [0, 0.05) is 12.8 Å². The van der Waals surface area contributed by atoms with Crippen LogP contribution in [0.15, 0.2) is 0 Å². The van der Waals surface area contributed by atoms with Gasteiger partial charge < -0.3 is 9.47 Å². The number of unbranched alkanes of at least 4 members (excludes halogenated alkanes) is 7. The van der Waals surface area contributed by atoms with Gasteiger partial charge in [0.05, 0.1) is 12.2 Å². The average molecular weight is 385 g/mol. The SMILES string of the molecule is CCC(CCCCCCCCCCC(=O)OC(C)C)CCC(=O)OC(C)C. The molecule has 0 radical (unpaired) electrons. The van der Waals surface area contributed by atoms with Crippen LogP contribution in [0.25, 0.3) is 0 Å². The van der Waals surface area contributed by atoms with Gasteiger partial charge in [-0.2, -0.15) is 0 Å². The van der Waals surface area contributed by atoms with E-state index in [1.54, 1.807) is 0 Å². The zero-order chi connectivity index (χ0) is 20.5. The van der Waals surface area contributed by atoms with Gasteiger partial charge in [-0.3, -0.25) is 9.59 Å². The molecule has 0 saturated heterocycles. The Morgan fingerprint density at radius 2 is 1.07 bits per heavy atom. The third-order valence-corrected chi connectivity index (χ3v) is 4.81. The van der Waals surface area contributed by atoms with Crippen molar-refractivity contribution >= 4 is 11.9 Å². The molecule has 0 fully saturated rings. The minimum absolute atomic E-state index is 0.00123. The van der Waals surface area contributed by atoms with Crippen LogP contribution in [0.3, 0.4) is 0 Å². The largest absolute Gasteiger partial charge is 0.463 e. The van der Waals surface area contributed by atoms with Gasteiger partial charge in [0.2, 0.25) is 0 Å². The molecule has 0 aromatic rings. The lowest BCUT2D eigenvalue weighted by molar-refractivity contribution is -0.148. The molecule has 0 heterocycles. The van der Waals surface area contributed by atoms with E-state index in [1.165, 1.54) is 44.9 Å². The summed E-state index contributed by atoms with van der Waals surface area (Å²) in [7, 11) is 0. The molecule has 1 atom stereocenters. The maximum Gasteiger partial charge on any atom is 0.306 e. The summed E-state index contributed by atoms with van der Waals surface area (Å²) >= 11 is 0. The normalized spacial score (nSPS) is 12.4. The first-order chi connectivity index (χ1) is 12.8. The highest BCUT2D eigenvalue weighted by molar-refractivity contribution is 5.69. The van der Waals surface area contributed by atoms with Crippen LogP contribution < -0.4 is 0 Å². The van der Waals surface area contributed by atoms with Crippen molar-refractivity contribution in [3.63, 3.8) is 0 Å². The molecule has 27 heavy (non-hydrogen) atoms. The van der Waals surface area contributed by atoms with Crippen molar-refractivity contribution in [1.82, 2.24) is 0 Å². The molecule has 0 bridgehead atoms. The quantitative estimate of drug-likeness (QED) is 0.209. The topological polar surface area (TPSA) is 52.6 Å². The molecule has 0 aromatic heterocycles. The molecular formula is C23H44O4. The lowest BCUT2D eigenvalue weighted by Crippen LogP contribution is -2.12. The van der Waals surface area contributed by atoms with Crippen molar-refractivity contribution in [2.24, 2.45) is 5.92 Å². The molecule has 0 aliphatic heterocycles. The van der Waals surface area contributed by atoms with Gasteiger partial charge in [0.15, 0.2) is 0 Å². The Morgan fingerprint density at radius 1 is 0.630 bits per heavy atom. The number of carbonyl (C=O) groups excluding carboxylic acids is 2. The molecule has 4 nitrogen and oxygen atoms in total. The van der Waals surface area contributed by atoms with Gasteiger partial charge in [0.1, 0.15) is 0 Å². The van der Waals surface area contributed by atoms with Crippen molar-refractivity contribution in [1.29, 1.82) is 0 Å². The van der Waals surface area contributed by atoms with Gasteiger partial charge in [-0.25, -0.2) is 0 Å². The van der Waals surface area contributed by atoms with Crippen LogP contribution >= 0.6 is 0 Å². The molecule has 0 saturated carbocycles. The summed E-state index contributed by atoms with van der Waals surface area (Å²) in [6.45, 7) is 9.80. The summed E-state index contributed by atoms with van der Waals surface area (Å²) in [4.78, 5) is 23.1. The van der Waals surface area contributed by atoms with Crippen LogP contribution in [0.2, 0.25) is 0 Å². The van der Waals surface area contributed by atoms with Gasteiger partial charge in [0.25, 0.3) is 0 Å². The van der Waals surface area contributed by atoms with E-state index in [0.29, 0.717) is 18.8 Å². The minimum Gasteiger partial charge on any atom is -0.463 e. The first-order valence-corrected chi connectivity index (χ1v) is 11.2. The Hall–Kier alpha value is -1.06. The highest BCUT2D eigenvalue weighted by atomic mass is 16.5. The molecule has 0 amide bonds. The summed E-state index contributed by atoms with van der Waals surface area (Å²) in [6.07, 6.45) is 14.1. The predicted molar refractivity (Wildman–Crippen MR) is 112 cm³/mol. The fraction of sp³-hybridized carbons (Fsp3) is 0.913. The fourth-order valence-corrected chi connectivity index (χ4v) is 3.28. The van der Waals surface area contributed by atoms with E-state index in [1.807, 2.05) is 27.7 Å². The fourth-order valence-electron chi connectivity index (χ4n) is 3.28. The predicted octanol–water partition coefficient (Wildman–Crippen LogP) is 6.60. The second-order valence-electron chi connectivity index (χ2n) is 8.26. The molecule has 0 aliphatic carbocycles. The van der Waals surface area contributed by atoms with Crippen molar-refractivity contribution in [3.8, 4) is 0 Å². The standard InChI is InChI=1S/C23H44O4/c1-6-21(17-18-23(25)27-20(4)5)15-13-11-9-7-8-10-12-14-16-22(24)26-19(2)3/h19-21H,6-18H2,1-5H3. The second-order valence-corrected chi connectivity index (χ2v) is 8.26. The highest BCUT2D eigenvalue weighted by Gasteiger charge is 2.11. The Morgan fingerprint density at radius 3 is 1.56 bits per heavy atom. The Labute approximate surface area is 167 Å². The van der Waals surface area contributed by atoms with Crippen LogP contribution in [0.1, 0.15) is 118 Å². The van der Waals surface area contributed by atoms with Gasteiger partial charge in [-0.15, -0.1) is 0 Å². The van der Waals surface area contributed by atoms with Gasteiger partial charge in [-0.1, -0.05) is 64.7 Å². The van der Waals surface area contributed by atoms with Crippen molar-refractivity contribution in [3.05, 3.63) is 0 Å². The number of rotatable bonds is 17. The first kappa shape index (κ1) is 25.9. The van der Waals surface area contributed by atoms with Crippen LogP contribution in [0.4, 0.5) is 0 Å². The van der Waals surface area contributed by atoms with Gasteiger partial charge >= 0.3 is 11.9 Å². The number of esters is 2. The maximum atomic E-state index is 11.6. The molecule has 0 spiro atoms. The van der Waals surface area contributed by atoms with Crippen LogP contribution in [-0.2, 0) is 19.1 Å². The van der Waals surface area contributed by atoms with E-state index < -0.39 is 0 Å². The molecule has 0 aromatic carbocycles. The maximum absolute atomic E-state index is 11.6. The van der Waals surface area contributed by atoms with E-state index in [2.05, 4.69) is 6.92 Å². The molecular weight excluding hydrogens is 340 g/mol. The summed E-state index contributed by atoms with van der Waals surface area (Å²) in [5.41, 5.74) is 0. The zero-order valence-corrected chi connectivity index (χ0v) is 18.6. The average Bonchev–Trinajstić information content (AvgIpc) is 2.57. The number of hydrogen-bond acceptors (Lipinski definition) is 4. The monoisotopic (exact) mass is 384 g/mol. The smallest absolute Gasteiger partial charge is 0.306 e. The lowest BCUT2D eigenvalue weighted by atomic mass is 9.93. The zero-order valence-electron chi connectivity index (χ0n) is 18.6. The molecule has 0 rings (SSSR count). The van der Waals surface area contributed by atoms with E-state index in [9.17, 15) is 9.59 Å². The van der Waals surface area contributed by atoms with Crippen molar-refractivity contribution in [2.75, 3.05) is 0 Å². The minimum atomic E-state index is -0.0621. The number of hydrogen-bond donors (Lipinski definition) is 0. The van der Waals surface area contributed by atoms with E-state index >= 15 is 0 Å². The third-order valence-electron chi connectivity index (χ3n) is 4.81. The number of carbonyl (C=O) groups is 2. The summed E-state index contributed by atoms with van der Waals surface area (Å²) < 4.78 is 10.3. The van der Waals surface area contributed by atoms with E-state index in [0.717, 1.165) is 25.7 Å². The molecule has 1 unspecified atom stereocenters. The summed E-state index contributed by atoms with van der Waals surface area (Å²) in [5, 5.41) is 0. The Balaban J connectivity index is 3.48. The van der Waals surface area contributed by atoms with Crippen LogP contribution in [0, 0.1) is 5.92 Å². The summed E-state index contributed by atoms with van der Waals surface area (Å²) in [6, 6.07) is 0. The Kier molecular flexibility index (Phi) is 16.4. The second kappa shape index (κ2) is 17.1. The van der Waals surface area contributed by atoms with E-state index in [4.69, 9.17) is 9.47 Å². The van der Waals surface area contributed by atoms with Crippen molar-refractivity contribution in [2.45, 2.75) is 130 Å². The van der Waals surface area contributed by atoms with Gasteiger partial charge in [-0.05, 0) is 46.5 Å². The third kappa shape index (κ3) is 18.1. The highest BCUT2D eigenvalue weighted by Crippen LogP contribution is 2.20. The van der Waals surface area contributed by atoms with Crippen LogP contribution in [0.5, 0.6) is 0 Å². The summed E-state index contributed by atoms with van der Waals surface area (Å²) in [5.74, 6) is 0.532. The van der Waals surface area contributed by atoms with Crippen LogP contribution in [-0.4, -0.2) is 24.1 Å². The molecule has 0 aliphatic rings. The first-order valence-electron chi connectivity index (χ1n) is 11.2. The lowest BCUT2D eigenvalue weighted by Gasteiger charge is -2.15. The molecule has 160 valence electrons. The van der Waals surface area contributed by atoms with Crippen molar-refractivity contribution < 1.29 is 19.1 Å². The van der Waals surface area contributed by atoms with E-state index in [-0.39, 0.29) is 24.1 Å². The molecule has 0 N–H and O–H groups in total. The molecule has 4 heteroatoms. The number of ether oxygens (including phenoxy) is 2. The Bertz CT molecular complexity index is 377.